The molecular weight excluding hydrogens is 321 g/mol. The monoisotopic (exact) mass is 329 g/mol. The predicted molar refractivity (Wildman–Crippen MR) is 79.3 cm³/mol. The first-order valence-electron chi connectivity index (χ1n) is 6.01. The van der Waals surface area contributed by atoms with E-state index < -0.39 is 11.6 Å². The molecule has 0 amide bonds. The lowest BCUT2D eigenvalue weighted by atomic mass is 10.1. The first kappa shape index (κ1) is 12.9. The Bertz CT molecular complexity index is 816. The maximum atomic E-state index is 13.8. The highest BCUT2D eigenvalue weighted by atomic mass is 79.9. The maximum absolute atomic E-state index is 13.8. The van der Waals surface area contributed by atoms with E-state index >= 15 is 0 Å². The smallest absolute Gasteiger partial charge is 0.214 e. The van der Waals surface area contributed by atoms with E-state index in [4.69, 9.17) is 0 Å². The molecule has 98 valence electrons. The van der Waals surface area contributed by atoms with E-state index in [0.29, 0.717) is 9.99 Å². The van der Waals surface area contributed by atoms with Crippen LogP contribution >= 0.6 is 15.9 Å². The standard InChI is InChI=1S/C16H9BrFNO/c17-11-6-7-13(18)12(9-11)16(20)15-8-5-10-3-1-2-4-14(10)19-15/h1-9H. The number of pyridine rings is 1. The van der Waals surface area contributed by atoms with Gasteiger partial charge in [-0.15, -0.1) is 0 Å². The molecule has 3 aromatic rings. The summed E-state index contributed by atoms with van der Waals surface area (Å²) >= 11 is 3.24. The van der Waals surface area contributed by atoms with Gasteiger partial charge in [-0.25, -0.2) is 9.37 Å². The number of hydrogen-bond donors (Lipinski definition) is 0. The van der Waals surface area contributed by atoms with Crippen LogP contribution in [-0.2, 0) is 0 Å². The van der Waals surface area contributed by atoms with Crippen LogP contribution in [0, 0.1) is 5.82 Å². The molecule has 0 unspecified atom stereocenters. The fourth-order valence-electron chi connectivity index (χ4n) is 2.00. The number of hydrogen-bond acceptors (Lipinski definition) is 2. The van der Waals surface area contributed by atoms with Crippen LogP contribution in [0.5, 0.6) is 0 Å². The zero-order valence-corrected chi connectivity index (χ0v) is 11.9. The van der Waals surface area contributed by atoms with Crippen molar-refractivity contribution in [3.63, 3.8) is 0 Å². The van der Waals surface area contributed by atoms with Gasteiger partial charge in [0.2, 0.25) is 5.78 Å². The van der Waals surface area contributed by atoms with Crippen LogP contribution in [0.2, 0.25) is 0 Å². The van der Waals surface area contributed by atoms with Crippen molar-refractivity contribution < 1.29 is 9.18 Å². The Hall–Kier alpha value is -2.07. The molecule has 1 aromatic heterocycles. The van der Waals surface area contributed by atoms with Gasteiger partial charge in [-0.05, 0) is 30.3 Å². The zero-order chi connectivity index (χ0) is 14.1. The van der Waals surface area contributed by atoms with E-state index in [1.807, 2.05) is 30.3 Å². The zero-order valence-electron chi connectivity index (χ0n) is 10.3. The van der Waals surface area contributed by atoms with Gasteiger partial charge in [-0.1, -0.05) is 40.2 Å². The molecule has 2 nitrogen and oxygen atoms in total. The number of ketones is 1. The van der Waals surface area contributed by atoms with Gasteiger partial charge >= 0.3 is 0 Å². The van der Waals surface area contributed by atoms with Gasteiger partial charge in [0.25, 0.3) is 0 Å². The first-order chi connectivity index (χ1) is 9.65. The molecule has 0 saturated heterocycles. The summed E-state index contributed by atoms with van der Waals surface area (Å²) < 4.78 is 14.4. The summed E-state index contributed by atoms with van der Waals surface area (Å²) in [6, 6.07) is 15.2. The third-order valence-corrected chi connectivity index (χ3v) is 3.50. The fourth-order valence-corrected chi connectivity index (χ4v) is 2.36. The SMILES string of the molecule is O=C(c1ccc2ccccc2n1)c1cc(Br)ccc1F. The molecule has 0 aliphatic carbocycles. The summed E-state index contributed by atoms with van der Waals surface area (Å²) in [5.41, 5.74) is 0.969. The second-order valence-electron chi connectivity index (χ2n) is 4.34. The summed E-state index contributed by atoms with van der Waals surface area (Å²) in [6.07, 6.45) is 0. The molecule has 0 N–H and O–H groups in total. The molecule has 0 bridgehead atoms. The van der Waals surface area contributed by atoms with Gasteiger partial charge < -0.3 is 0 Å². The van der Waals surface area contributed by atoms with Gasteiger partial charge in [-0.3, -0.25) is 4.79 Å². The van der Waals surface area contributed by atoms with Crippen molar-refractivity contribution >= 4 is 32.6 Å². The lowest BCUT2D eigenvalue weighted by molar-refractivity contribution is 0.103. The summed E-state index contributed by atoms with van der Waals surface area (Å²) in [4.78, 5) is 16.6. The summed E-state index contributed by atoms with van der Waals surface area (Å²) in [5, 5.41) is 0.943. The van der Waals surface area contributed by atoms with Crippen molar-refractivity contribution in [3.8, 4) is 0 Å². The highest BCUT2D eigenvalue weighted by Crippen LogP contribution is 2.19. The molecule has 2 aromatic carbocycles. The Morgan fingerprint density at radius 2 is 1.85 bits per heavy atom. The van der Waals surface area contributed by atoms with Crippen molar-refractivity contribution in [1.82, 2.24) is 4.98 Å². The molecule has 0 aliphatic rings. The molecule has 20 heavy (non-hydrogen) atoms. The molecule has 0 radical (unpaired) electrons. The summed E-state index contributed by atoms with van der Waals surface area (Å²) in [7, 11) is 0. The van der Waals surface area contributed by atoms with E-state index in [2.05, 4.69) is 20.9 Å². The minimum absolute atomic E-state index is 0.0159. The third kappa shape index (κ3) is 2.34. The molecule has 0 spiro atoms. The average Bonchev–Trinajstić information content (AvgIpc) is 2.48. The largest absolute Gasteiger partial charge is 0.287 e. The Morgan fingerprint density at radius 3 is 2.70 bits per heavy atom. The van der Waals surface area contributed by atoms with Crippen LogP contribution in [-0.4, -0.2) is 10.8 Å². The van der Waals surface area contributed by atoms with Crippen LogP contribution in [0.15, 0.2) is 59.1 Å². The van der Waals surface area contributed by atoms with Crippen LogP contribution in [0.25, 0.3) is 10.9 Å². The number of rotatable bonds is 2. The van der Waals surface area contributed by atoms with E-state index in [1.54, 1.807) is 12.1 Å². The number of fused-ring (bicyclic) bond motifs is 1. The van der Waals surface area contributed by atoms with E-state index in [9.17, 15) is 9.18 Å². The summed E-state index contributed by atoms with van der Waals surface area (Å²) in [5.74, 6) is -0.970. The van der Waals surface area contributed by atoms with Crippen molar-refractivity contribution in [3.05, 3.63) is 76.1 Å². The van der Waals surface area contributed by atoms with Gasteiger partial charge in [0.1, 0.15) is 11.5 Å². The lowest BCUT2D eigenvalue weighted by Crippen LogP contribution is -2.06. The molecule has 0 saturated carbocycles. The second kappa shape index (κ2) is 5.13. The number of halogens is 2. The highest BCUT2D eigenvalue weighted by Gasteiger charge is 2.16. The molecule has 4 heteroatoms. The van der Waals surface area contributed by atoms with Crippen molar-refractivity contribution in [2.45, 2.75) is 0 Å². The van der Waals surface area contributed by atoms with Crippen LogP contribution in [0.1, 0.15) is 16.1 Å². The minimum atomic E-state index is -0.548. The topological polar surface area (TPSA) is 30.0 Å². The number of aromatic nitrogens is 1. The Balaban J connectivity index is 2.10. The van der Waals surface area contributed by atoms with Gasteiger partial charge in [0.05, 0.1) is 11.1 Å². The quantitative estimate of drug-likeness (QED) is 0.653. The van der Waals surface area contributed by atoms with Crippen molar-refractivity contribution in [1.29, 1.82) is 0 Å². The summed E-state index contributed by atoms with van der Waals surface area (Å²) in [6.45, 7) is 0. The maximum Gasteiger partial charge on any atom is 0.214 e. The number of carbonyl (C=O) groups excluding carboxylic acids is 1. The molecule has 3 rings (SSSR count). The van der Waals surface area contributed by atoms with Crippen molar-refractivity contribution in [2.75, 3.05) is 0 Å². The fraction of sp³-hybridized carbons (Fsp3) is 0. The van der Waals surface area contributed by atoms with Crippen LogP contribution < -0.4 is 0 Å². The molecule has 0 atom stereocenters. The van der Waals surface area contributed by atoms with Gasteiger partial charge in [0, 0.05) is 9.86 Å². The molecule has 0 fully saturated rings. The molecular formula is C16H9BrFNO. The Morgan fingerprint density at radius 1 is 1.05 bits per heavy atom. The minimum Gasteiger partial charge on any atom is -0.287 e. The molecule has 0 aliphatic heterocycles. The van der Waals surface area contributed by atoms with E-state index in [1.165, 1.54) is 12.1 Å². The number of benzene rings is 2. The van der Waals surface area contributed by atoms with Crippen LogP contribution in [0.3, 0.4) is 0 Å². The molecule has 1 heterocycles. The number of carbonyl (C=O) groups is 1. The lowest BCUT2D eigenvalue weighted by Gasteiger charge is -2.04. The third-order valence-electron chi connectivity index (χ3n) is 3.00. The average molecular weight is 330 g/mol. The Kier molecular flexibility index (Phi) is 3.32. The normalized spacial score (nSPS) is 10.7. The van der Waals surface area contributed by atoms with Crippen LogP contribution in [0.4, 0.5) is 4.39 Å². The predicted octanol–water partition coefficient (Wildman–Crippen LogP) is 4.37. The van der Waals surface area contributed by atoms with E-state index in [0.717, 1.165) is 5.39 Å². The Labute approximate surface area is 123 Å². The number of para-hydroxylation sites is 1. The highest BCUT2D eigenvalue weighted by molar-refractivity contribution is 9.10. The van der Waals surface area contributed by atoms with Crippen molar-refractivity contribution in [2.24, 2.45) is 0 Å². The second-order valence-corrected chi connectivity index (χ2v) is 5.26. The first-order valence-corrected chi connectivity index (χ1v) is 6.80. The number of nitrogens with zero attached hydrogens (tertiary/aromatic N) is 1. The van der Waals surface area contributed by atoms with Gasteiger partial charge in [-0.2, -0.15) is 0 Å². The van der Waals surface area contributed by atoms with E-state index in [-0.39, 0.29) is 11.3 Å². The van der Waals surface area contributed by atoms with Gasteiger partial charge in [0.15, 0.2) is 0 Å².